The molecule has 0 saturated heterocycles. The average molecular weight is 243 g/mol. The summed E-state index contributed by atoms with van der Waals surface area (Å²) >= 11 is 6.10. The van der Waals surface area contributed by atoms with Crippen LogP contribution in [-0.2, 0) is 6.42 Å². The zero-order valence-electron chi connectivity index (χ0n) is 9.16. The third-order valence-corrected chi connectivity index (χ3v) is 3.19. The van der Waals surface area contributed by atoms with E-state index in [1.807, 2.05) is 6.92 Å². The number of aliphatic hydroxyl groups is 2. The molecule has 0 bridgehead atoms. The first-order valence-corrected chi connectivity index (χ1v) is 5.76. The summed E-state index contributed by atoms with van der Waals surface area (Å²) in [4.78, 5) is 0. The lowest BCUT2D eigenvalue weighted by Gasteiger charge is -2.25. The van der Waals surface area contributed by atoms with Crippen LogP contribution < -0.4 is 4.74 Å². The number of fused-ring (bicyclic) bond motifs is 1. The minimum atomic E-state index is -0.854. The predicted molar refractivity (Wildman–Crippen MR) is 62.1 cm³/mol. The van der Waals surface area contributed by atoms with E-state index in [1.54, 1.807) is 6.07 Å². The lowest BCUT2D eigenvalue weighted by Crippen LogP contribution is -2.15. The molecule has 4 heteroatoms. The Kier molecular flexibility index (Phi) is 3.38. The van der Waals surface area contributed by atoms with Crippen LogP contribution in [0.1, 0.15) is 29.2 Å². The maximum atomic E-state index is 9.81. The molecule has 3 nitrogen and oxygen atoms in total. The molecule has 0 aromatic heterocycles. The normalized spacial score (nSPS) is 16.5. The smallest absolute Gasteiger partial charge is 0.141 e. The molecule has 1 aliphatic rings. The third-order valence-electron chi connectivity index (χ3n) is 2.91. The number of ether oxygens (including phenoxy) is 1. The second kappa shape index (κ2) is 4.62. The first-order valence-electron chi connectivity index (χ1n) is 5.38. The molecule has 2 rings (SSSR count). The van der Waals surface area contributed by atoms with Crippen LogP contribution in [0.5, 0.6) is 5.75 Å². The van der Waals surface area contributed by atoms with E-state index in [9.17, 15) is 5.11 Å². The fraction of sp³-hybridized carbons (Fsp3) is 0.500. The molecule has 0 saturated carbocycles. The molecule has 1 atom stereocenters. The molecule has 0 amide bonds. The van der Waals surface area contributed by atoms with Crippen molar-refractivity contribution in [3.05, 3.63) is 27.8 Å². The molecule has 1 aromatic rings. The molecule has 16 heavy (non-hydrogen) atoms. The van der Waals surface area contributed by atoms with Crippen LogP contribution >= 0.6 is 11.6 Å². The van der Waals surface area contributed by atoms with Crippen molar-refractivity contribution < 1.29 is 14.9 Å². The number of benzene rings is 1. The van der Waals surface area contributed by atoms with E-state index >= 15 is 0 Å². The zero-order chi connectivity index (χ0) is 11.7. The Labute approximate surface area is 99.6 Å². The standard InChI is InChI=1S/C12H15ClO3/c1-7-5-9(13)12-8(3-2-4-16-12)11(7)10(15)6-14/h5,10,14-15H,2-4,6H2,1H3. The molecule has 88 valence electrons. The van der Waals surface area contributed by atoms with Crippen LogP contribution in [-0.4, -0.2) is 23.4 Å². The fourth-order valence-corrected chi connectivity index (χ4v) is 2.55. The van der Waals surface area contributed by atoms with Gasteiger partial charge in [-0.25, -0.2) is 0 Å². The lowest BCUT2D eigenvalue weighted by atomic mass is 9.92. The molecule has 0 spiro atoms. The van der Waals surface area contributed by atoms with E-state index in [4.69, 9.17) is 21.4 Å². The summed E-state index contributed by atoms with van der Waals surface area (Å²) in [5.74, 6) is 0.668. The van der Waals surface area contributed by atoms with Crippen molar-refractivity contribution in [1.82, 2.24) is 0 Å². The molecule has 0 fully saturated rings. The second-order valence-corrected chi connectivity index (χ2v) is 4.45. The van der Waals surface area contributed by atoms with Crippen LogP contribution in [0, 0.1) is 6.92 Å². The molecule has 1 heterocycles. The zero-order valence-corrected chi connectivity index (χ0v) is 9.92. The van der Waals surface area contributed by atoms with Crippen LogP contribution in [0.3, 0.4) is 0 Å². The van der Waals surface area contributed by atoms with Crippen LogP contribution in [0.4, 0.5) is 0 Å². The SMILES string of the molecule is Cc1cc(Cl)c2c(c1C(O)CO)CCCO2. The van der Waals surface area contributed by atoms with Crippen LogP contribution in [0.2, 0.25) is 5.02 Å². The van der Waals surface area contributed by atoms with Crippen molar-refractivity contribution in [3.63, 3.8) is 0 Å². The maximum Gasteiger partial charge on any atom is 0.141 e. The molecular formula is C12H15ClO3. The monoisotopic (exact) mass is 242 g/mol. The van der Waals surface area contributed by atoms with Gasteiger partial charge in [0.05, 0.1) is 18.2 Å². The minimum Gasteiger partial charge on any atom is -0.492 e. The molecular weight excluding hydrogens is 228 g/mol. The molecule has 2 N–H and O–H groups in total. The van der Waals surface area contributed by atoms with Gasteiger partial charge in [-0.2, -0.15) is 0 Å². The van der Waals surface area contributed by atoms with Gasteiger partial charge in [0.1, 0.15) is 11.9 Å². The quantitative estimate of drug-likeness (QED) is 0.834. The highest BCUT2D eigenvalue weighted by Crippen LogP contribution is 2.39. The lowest BCUT2D eigenvalue weighted by molar-refractivity contribution is 0.0936. The van der Waals surface area contributed by atoms with E-state index in [0.717, 1.165) is 29.5 Å². The summed E-state index contributed by atoms with van der Waals surface area (Å²) in [6.45, 7) is 2.26. The Morgan fingerprint density at radius 2 is 2.31 bits per heavy atom. The fourth-order valence-electron chi connectivity index (χ4n) is 2.22. The van der Waals surface area contributed by atoms with Gasteiger partial charge in [0, 0.05) is 5.56 Å². The van der Waals surface area contributed by atoms with Gasteiger partial charge < -0.3 is 14.9 Å². The molecule has 0 aliphatic carbocycles. The number of hydrogen-bond donors (Lipinski definition) is 2. The first-order chi connectivity index (χ1) is 7.65. The summed E-state index contributed by atoms with van der Waals surface area (Å²) in [6, 6.07) is 1.78. The van der Waals surface area contributed by atoms with Gasteiger partial charge in [-0.05, 0) is 37.0 Å². The first kappa shape index (κ1) is 11.7. The van der Waals surface area contributed by atoms with Gasteiger partial charge in [0.2, 0.25) is 0 Å². The van der Waals surface area contributed by atoms with Gasteiger partial charge in [-0.3, -0.25) is 0 Å². The number of halogens is 1. The Bertz CT molecular complexity index is 404. The van der Waals surface area contributed by atoms with Crippen molar-refractivity contribution in [3.8, 4) is 5.75 Å². The van der Waals surface area contributed by atoms with Crippen molar-refractivity contribution in [2.45, 2.75) is 25.9 Å². The molecule has 1 aliphatic heterocycles. The van der Waals surface area contributed by atoms with Crippen molar-refractivity contribution >= 4 is 11.6 Å². The summed E-state index contributed by atoms with van der Waals surface area (Å²) in [5.41, 5.74) is 2.61. The largest absolute Gasteiger partial charge is 0.492 e. The number of aryl methyl sites for hydroxylation is 1. The highest BCUT2D eigenvalue weighted by molar-refractivity contribution is 6.32. The van der Waals surface area contributed by atoms with Gasteiger partial charge in [-0.15, -0.1) is 0 Å². The van der Waals surface area contributed by atoms with Crippen molar-refractivity contribution in [1.29, 1.82) is 0 Å². The van der Waals surface area contributed by atoms with Crippen LogP contribution in [0.15, 0.2) is 6.07 Å². The van der Waals surface area contributed by atoms with Gasteiger partial charge in [-0.1, -0.05) is 11.6 Å². The predicted octanol–water partition coefficient (Wildman–Crippen LogP) is 2.00. The van der Waals surface area contributed by atoms with E-state index in [-0.39, 0.29) is 6.61 Å². The Hall–Kier alpha value is -0.770. The number of hydrogen-bond acceptors (Lipinski definition) is 3. The van der Waals surface area contributed by atoms with Crippen molar-refractivity contribution in [2.75, 3.05) is 13.2 Å². The highest BCUT2D eigenvalue weighted by atomic mass is 35.5. The number of aliphatic hydroxyl groups excluding tert-OH is 2. The van der Waals surface area contributed by atoms with Crippen molar-refractivity contribution in [2.24, 2.45) is 0 Å². The summed E-state index contributed by atoms with van der Waals surface area (Å²) < 4.78 is 5.52. The van der Waals surface area contributed by atoms with Crippen LogP contribution in [0.25, 0.3) is 0 Å². The van der Waals surface area contributed by atoms with E-state index in [1.165, 1.54) is 0 Å². The maximum absolute atomic E-state index is 9.81. The third kappa shape index (κ3) is 1.90. The number of rotatable bonds is 2. The summed E-state index contributed by atoms with van der Waals surface area (Å²) in [5, 5.41) is 19.5. The van der Waals surface area contributed by atoms with Gasteiger partial charge >= 0.3 is 0 Å². The summed E-state index contributed by atoms with van der Waals surface area (Å²) in [6.07, 6.45) is 0.897. The topological polar surface area (TPSA) is 49.7 Å². The van der Waals surface area contributed by atoms with Gasteiger partial charge in [0.15, 0.2) is 0 Å². The molecule has 0 radical (unpaired) electrons. The Morgan fingerprint density at radius 3 is 3.00 bits per heavy atom. The highest BCUT2D eigenvalue weighted by Gasteiger charge is 2.23. The minimum absolute atomic E-state index is 0.283. The van der Waals surface area contributed by atoms with E-state index < -0.39 is 6.10 Å². The Balaban J connectivity index is 2.58. The molecule has 1 aromatic carbocycles. The average Bonchev–Trinajstić information content (AvgIpc) is 2.28. The second-order valence-electron chi connectivity index (χ2n) is 4.05. The summed E-state index contributed by atoms with van der Waals surface area (Å²) in [7, 11) is 0. The van der Waals surface area contributed by atoms with E-state index in [0.29, 0.717) is 17.4 Å². The molecule has 1 unspecified atom stereocenters. The Morgan fingerprint density at radius 1 is 1.56 bits per heavy atom. The van der Waals surface area contributed by atoms with E-state index in [2.05, 4.69) is 0 Å². The van der Waals surface area contributed by atoms with Gasteiger partial charge in [0.25, 0.3) is 0 Å².